The smallest absolute Gasteiger partial charge is 0.410 e. The lowest BCUT2D eigenvalue weighted by atomic mass is 10.1. The molecule has 130 valence electrons. The van der Waals surface area contributed by atoms with E-state index in [1.54, 1.807) is 4.90 Å². The largest absolute Gasteiger partial charge is 0.444 e. The predicted octanol–water partition coefficient (Wildman–Crippen LogP) is 0.915. The highest BCUT2D eigenvalue weighted by molar-refractivity contribution is 7.89. The van der Waals surface area contributed by atoms with Gasteiger partial charge in [0.25, 0.3) is 0 Å². The summed E-state index contributed by atoms with van der Waals surface area (Å²) in [6, 6.07) is 0.236. The van der Waals surface area contributed by atoms with Crippen LogP contribution in [-0.4, -0.2) is 63.5 Å². The van der Waals surface area contributed by atoms with Gasteiger partial charge >= 0.3 is 6.09 Å². The van der Waals surface area contributed by atoms with Crippen LogP contribution in [0.3, 0.4) is 0 Å². The van der Waals surface area contributed by atoms with E-state index in [-0.39, 0.29) is 17.9 Å². The van der Waals surface area contributed by atoms with Crippen molar-refractivity contribution in [2.45, 2.75) is 51.7 Å². The van der Waals surface area contributed by atoms with Gasteiger partial charge in [-0.05, 0) is 47.1 Å². The van der Waals surface area contributed by atoms with Crippen LogP contribution in [0.25, 0.3) is 0 Å². The zero-order chi connectivity index (χ0) is 16.8. The first-order valence-electron chi connectivity index (χ1n) is 7.75. The SMILES string of the molecule is CNS(=O)(=O)CCNC1CCCN(C(=O)OC(C)(C)C)CC1. The van der Waals surface area contributed by atoms with Crippen molar-refractivity contribution in [3.63, 3.8) is 0 Å². The van der Waals surface area contributed by atoms with Crippen LogP contribution in [0.15, 0.2) is 0 Å². The maximum Gasteiger partial charge on any atom is 0.410 e. The molecule has 22 heavy (non-hydrogen) atoms. The van der Waals surface area contributed by atoms with Crippen LogP contribution in [0.4, 0.5) is 4.79 Å². The molecule has 1 aliphatic rings. The molecule has 0 aromatic rings. The van der Waals surface area contributed by atoms with Crippen LogP contribution in [0.2, 0.25) is 0 Å². The Balaban J connectivity index is 2.38. The Morgan fingerprint density at radius 1 is 1.27 bits per heavy atom. The Kier molecular flexibility index (Phi) is 7.08. The van der Waals surface area contributed by atoms with Gasteiger partial charge in [0.2, 0.25) is 10.0 Å². The van der Waals surface area contributed by atoms with E-state index in [1.165, 1.54) is 7.05 Å². The highest BCUT2D eigenvalue weighted by Crippen LogP contribution is 2.15. The third kappa shape index (κ3) is 7.42. The number of nitrogens with zero attached hydrogens (tertiary/aromatic N) is 1. The zero-order valence-electron chi connectivity index (χ0n) is 14.0. The van der Waals surface area contributed by atoms with E-state index >= 15 is 0 Å². The summed E-state index contributed by atoms with van der Waals surface area (Å²) in [5, 5.41) is 3.26. The number of carbonyl (C=O) groups excluding carboxylic acids is 1. The van der Waals surface area contributed by atoms with Crippen molar-refractivity contribution >= 4 is 16.1 Å². The van der Waals surface area contributed by atoms with Gasteiger partial charge in [0.05, 0.1) is 5.75 Å². The zero-order valence-corrected chi connectivity index (χ0v) is 14.8. The second-order valence-electron chi connectivity index (χ2n) is 6.57. The van der Waals surface area contributed by atoms with Gasteiger partial charge in [-0.15, -0.1) is 0 Å². The molecule has 1 amide bonds. The molecule has 1 saturated heterocycles. The Hall–Kier alpha value is -0.860. The second-order valence-corrected chi connectivity index (χ2v) is 8.62. The van der Waals surface area contributed by atoms with Crippen molar-refractivity contribution in [1.29, 1.82) is 0 Å². The molecule has 1 rings (SSSR count). The van der Waals surface area contributed by atoms with Gasteiger partial charge in [-0.2, -0.15) is 0 Å². The van der Waals surface area contributed by atoms with E-state index < -0.39 is 15.6 Å². The Bertz CT molecular complexity index is 459. The van der Waals surface area contributed by atoms with Gasteiger partial charge in [0.1, 0.15) is 5.60 Å². The molecule has 1 fully saturated rings. The van der Waals surface area contributed by atoms with E-state index in [2.05, 4.69) is 10.0 Å². The monoisotopic (exact) mass is 335 g/mol. The highest BCUT2D eigenvalue weighted by atomic mass is 32.2. The number of carbonyl (C=O) groups is 1. The highest BCUT2D eigenvalue weighted by Gasteiger charge is 2.25. The summed E-state index contributed by atoms with van der Waals surface area (Å²) >= 11 is 0. The predicted molar refractivity (Wildman–Crippen MR) is 86.3 cm³/mol. The number of sulfonamides is 1. The lowest BCUT2D eigenvalue weighted by Gasteiger charge is -2.26. The fraction of sp³-hybridized carbons (Fsp3) is 0.929. The molecule has 0 aliphatic carbocycles. The number of ether oxygens (including phenoxy) is 1. The quantitative estimate of drug-likeness (QED) is 0.780. The third-order valence-electron chi connectivity index (χ3n) is 3.49. The Labute approximate surface area is 133 Å². The summed E-state index contributed by atoms with van der Waals surface area (Å²) in [4.78, 5) is 13.8. The average molecular weight is 335 g/mol. The van der Waals surface area contributed by atoms with Gasteiger partial charge in [-0.25, -0.2) is 17.9 Å². The first-order chi connectivity index (χ1) is 10.1. The van der Waals surface area contributed by atoms with Gasteiger partial charge in [-0.1, -0.05) is 0 Å². The van der Waals surface area contributed by atoms with Crippen molar-refractivity contribution in [2.24, 2.45) is 0 Å². The summed E-state index contributed by atoms with van der Waals surface area (Å²) in [5.74, 6) is 0.0653. The first-order valence-corrected chi connectivity index (χ1v) is 9.41. The van der Waals surface area contributed by atoms with Crippen LogP contribution in [-0.2, 0) is 14.8 Å². The van der Waals surface area contributed by atoms with E-state index in [0.717, 1.165) is 19.3 Å². The van der Waals surface area contributed by atoms with Crippen molar-refractivity contribution in [2.75, 3.05) is 32.4 Å². The van der Waals surface area contributed by atoms with E-state index in [1.807, 2.05) is 20.8 Å². The molecule has 1 heterocycles. The van der Waals surface area contributed by atoms with Crippen LogP contribution in [0.5, 0.6) is 0 Å². The molecule has 0 aromatic carbocycles. The third-order valence-corrected chi connectivity index (χ3v) is 4.86. The molecule has 0 bridgehead atoms. The molecule has 0 aromatic heterocycles. The van der Waals surface area contributed by atoms with Gasteiger partial charge in [0, 0.05) is 25.7 Å². The van der Waals surface area contributed by atoms with Crippen LogP contribution >= 0.6 is 0 Å². The van der Waals surface area contributed by atoms with Gasteiger partial charge in [-0.3, -0.25) is 0 Å². The molecule has 1 unspecified atom stereocenters. The molecule has 7 nitrogen and oxygen atoms in total. The molecule has 1 aliphatic heterocycles. The summed E-state index contributed by atoms with van der Waals surface area (Å²) < 4.78 is 30.4. The fourth-order valence-electron chi connectivity index (χ4n) is 2.31. The fourth-order valence-corrected chi connectivity index (χ4v) is 2.90. The molecule has 2 N–H and O–H groups in total. The molecular weight excluding hydrogens is 306 g/mol. The molecule has 0 radical (unpaired) electrons. The average Bonchev–Trinajstić information content (AvgIpc) is 2.62. The standard InChI is InChI=1S/C14H29N3O4S/c1-14(2,3)21-13(18)17-9-5-6-12(7-10-17)16-8-11-22(19,20)15-4/h12,15-16H,5-11H2,1-4H3. The van der Waals surface area contributed by atoms with E-state index in [9.17, 15) is 13.2 Å². The van der Waals surface area contributed by atoms with Crippen molar-refractivity contribution in [1.82, 2.24) is 14.9 Å². The summed E-state index contributed by atoms with van der Waals surface area (Å²) in [7, 11) is -1.75. The topological polar surface area (TPSA) is 87.7 Å². The minimum atomic E-state index is -3.17. The number of nitrogens with one attached hydrogen (secondary N) is 2. The van der Waals surface area contributed by atoms with E-state index in [0.29, 0.717) is 19.6 Å². The maximum atomic E-state index is 12.1. The number of rotatable bonds is 5. The minimum Gasteiger partial charge on any atom is -0.444 e. The van der Waals surface area contributed by atoms with Crippen LogP contribution in [0, 0.1) is 0 Å². The molecule has 1 atom stereocenters. The summed E-state index contributed by atoms with van der Waals surface area (Å²) in [5.41, 5.74) is -0.484. The maximum absolute atomic E-state index is 12.1. The number of likely N-dealkylation sites (tertiary alicyclic amines) is 1. The van der Waals surface area contributed by atoms with Gasteiger partial charge in [0.15, 0.2) is 0 Å². The van der Waals surface area contributed by atoms with Crippen LogP contribution in [0.1, 0.15) is 40.0 Å². The van der Waals surface area contributed by atoms with Crippen LogP contribution < -0.4 is 10.0 Å². The first kappa shape index (κ1) is 19.2. The summed E-state index contributed by atoms with van der Waals surface area (Å²) in [6.45, 7) is 7.30. The Morgan fingerprint density at radius 3 is 2.55 bits per heavy atom. The Morgan fingerprint density at radius 2 is 1.95 bits per heavy atom. The molecule has 0 saturated carbocycles. The normalized spacial score (nSPS) is 20.5. The lowest BCUT2D eigenvalue weighted by Crippen LogP contribution is -2.39. The lowest BCUT2D eigenvalue weighted by molar-refractivity contribution is 0.0256. The number of hydrogen-bond donors (Lipinski definition) is 2. The van der Waals surface area contributed by atoms with Gasteiger partial charge < -0.3 is 15.0 Å². The number of hydrogen-bond acceptors (Lipinski definition) is 5. The van der Waals surface area contributed by atoms with Crippen molar-refractivity contribution in [3.05, 3.63) is 0 Å². The molecule has 8 heteroatoms. The number of amides is 1. The van der Waals surface area contributed by atoms with Crippen molar-refractivity contribution < 1.29 is 17.9 Å². The molecular formula is C14H29N3O4S. The summed E-state index contributed by atoms with van der Waals surface area (Å²) in [6.07, 6.45) is 2.35. The van der Waals surface area contributed by atoms with Crippen molar-refractivity contribution in [3.8, 4) is 0 Å². The second kappa shape index (κ2) is 8.12. The molecule has 0 spiro atoms. The van der Waals surface area contributed by atoms with E-state index in [4.69, 9.17) is 4.74 Å². The minimum absolute atomic E-state index is 0.0653.